The maximum atomic E-state index is 5.96. The van der Waals surface area contributed by atoms with E-state index in [0.29, 0.717) is 18.2 Å². The van der Waals surface area contributed by atoms with E-state index in [-0.39, 0.29) is 0 Å². The molecule has 92 valence electrons. The molecule has 2 bridgehead atoms. The summed E-state index contributed by atoms with van der Waals surface area (Å²) in [6.45, 7) is 9.39. The standard InChI is InChI=1S/C14H25NO/c1-4-15-13(7-5-10(2)3)12-9-11-6-8-14(12)16-11/h11-15H,2,4-9H2,1,3H3. The van der Waals surface area contributed by atoms with E-state index in [1.54, 1.807) is 0 Å². The molecule has 2 nitrogen and oxygen atoms in total. The van der Waals surface area contributed by atoms with Gasteiger partial charge in [0.2, 0.25) is 0 Å². The van der Waals surface area contributed by atoms with Crippen molar-refractivity contribution in [3.63, 3.8) is 0 Å². The van der Waals surface area contributed by atoms with E-state index in [1.165, 1.54) is 31.3 Å². The van der Waals surface area contributed by atoms with E-state index < -0.39 is 0 Å². The van der Waals surface area contributed by atoms with Gasteiger partial charge in [0.05, 0.1) is 12.2 Å². The fourth-order valence-corrected chi connectivity index (χ4v) is 3.23. The fourth-order valence-electron chi connectivity index (χ4n) is 3.23. The predicted octanol–water partition coefficient (Wildman–Crippen LogP) is 2.89. The summed E-state index contributed by atoms with van der Waals surface area (Å²) in [6, 6.07) is 0.636. The summed E-state index contributed by atoms with van der Waals surface area (Å²) in [5, 5.41) is 3.64. The molecule has 4 unspecified atom stereocenters. The SMILES string of the molecule is C=C(C)CCC(NCC)C1CC2CCC1O2. The van der Waals surface area contributed by atoms with Crippen LogP contribution in [0, 0.1) is 5.92 Å². The summed E-state index contributed by atoms with van der Waals surface area (Å²) in [5.74, 6) is 0.748. The van der Waals surface area contributed by atoms with Crippen LogP contribution in [0.1, 0.15) is 46.0 Å². The van der Waals surface area contributed by atoms with Gasteiger partial charge in [0, 0.05) is 12.0 Å². The lowest BCUT2D eigenvalue weighted by molar-refractivity contribution is 0.0851. The molecule has 0 aliphatic carbocycles. The maximum Gasteiger partial charge on any atom is 0.0623 e. The van der Waals surface area contributed by atoms with Crippen molar-refractivity contribution in [2.75, 3.05) is 6.54 Å². The first-order valence-electron chi connectivity index (χ1n) is 6.74. The van der Waals surface area contributed by atoms with Crippen molar-refractivity contribution in [1.82, 2.24) is 5.32 Å². The third kappa shape index (κ3) is 2.67. The molecule has 0 spiro atoms. The summed E-state index contributed by atoms with van der Waals surface area (Å²) in [5.41, 5.74) is 1.30. The van der Waals surface area contributed by atoms with Crippen molar-refractivity contribution < 1.29 is 4.74 Å². The summed E-state index contributed by atoms with van der Waals surface area (Å²) < 4.78 is 5.96. The van der Waals surface area contributed by atoms with Gasteiger partial charge in [0.25, 0.3) is 0 Å². The Hall–Kier alpha value is -0.340. The van der Waals surface area contributed by atoms with Gasteiger partial charge in [0.15, 0.2) is 0 Å². The molecular formula is C14H25NO. The van der Waals surface area contributed by atoms with Gasteiger partial charge in [-0.25, -0.2) is 0 Å². The number of hydrogen-bond donors (Lipinski definition) is 1. The van der Waals surface area contributed by atoms with Gasteiger partial charge in [-0.1, -0.05) is 12.5 Å². The average molecular weight is 223 g/mol. The maximum absolute atomic E-state index is 5.96. The van der Waals surface area contributed by atoms with Crippen LogP contribution in [0.4, 0.5) is 0 Å². The van der Waals surface area contributed by atoms with E-state index in [0.717, 1.165) is 18.9 Å². The number of nitrogens with one attached hydrogen (secondary N) is 1. The van der Waals surface area contributed by atoms with Crippen LogP contribution in [0.2, 0.25) is 0 Å². The van der Waals surface area contributed by atoms with Crippen LogP contribution in [0.5, 0.6) is 0 Å². The number of ether oxygens (including phenoxy) is 1. The Morgan fingerprint density at radius 3 is 2.81 bits per heavy atom. The summed E-state index contributed by atoms with van der Waals surface area (Å²) in [7, 11) is 0. The van der Waals surface area contributed by atoms with Gasteiger partial charge in [-0.3, -0.25) is 0 Å². The molecule has 2 heteroatoms. The third-order valence-electron chi connectivity index (χ3n) is 4.02. The van der Waals surface area contributed by atoms with Gasteiger partial charge in [-0.05, 0) is 45.6 Å². The molecule has 16 heavy (non-hydrogen) atoms. The summed E-state index contributed by atoms with van der Waals surface area (Å²) >= 11 is 0. The number of rotatable bonds is 6. The largest absolute Gasteiger partial charge is 0.375 e. The normalized spacial score (nSPS) is 34.2. The van der Waals surface area contributed by atoms with Gasteiger partial charge < -0.3 is 10.1 Å². The van der Waals surface area contributed by atoms with Crippen LogP contribution < -0.4 is 5.32 Å². The highest BCUT2D eigenvalue weighted by Gasteiger charge is 2.43. The van der Waals surface area contributed by atoms with E-state index in [1.807, 2.05) is 0 Å². The molecule has 2 aliphatic rings. The van der Waals surface area contributed by atoms with Crippen molar-refractivity contribution in [1.29, 1.82) is 0 Å². The highest BCUT2D eigenvalue weighted by molar-refractivity contribution is 4.97. The molecule has 2 rings (SSSR count). The quantitative estimate of drug-likeness (QED) is 0.699. The van der Waals surface area contributed by atoms with Crippen LogP contribution in [0.3, 0.4) is 0 Å². The zero-order valence-corrected chi connectivity index (χ0v) is 10.7. The van der Waals surface area contributed by atoms with E-state index >= 15 is 0 Å². The van der Waals surface area contributed by atoms with Crippen LogP contribution >= 0.6 is 0 Å². The third-order valence-corrected chi connectivity index (χ3v) is 4.02. The number of allylic oxidation sites excluding steroid dienone is 1. The molecule has 0 aromatic heterocycles. The predicted molar refractivity (Wildman–Crippen MR) is 67.5 cm³/mol. The molecule has 0 aromatic carbocycles. The Balaban J connectivity index is 1.88. The smallest absolute Gasteiger partial charge is 0.0623 e. The minimum absolute atomic E-state index is 0.541. The number of fused-ring (bicyclic) bond motifs is 2. The molecule has 2 aliphatic heterocycles. The van der Waals surface area contributed by atoms with Crippen LogP contribution in [-0.4, -0.2) is 24.8 Å². The highest BCUT2D eigenvalue weighted by atomic mass is 16.5. The van der Waals surface area contributed by atoms with Crippen LogP contribution in [0.15, 0.2) is 12.2 Å². The second-order valence-corrected chi connectivity index (χ2v) is 5.43. The van der Waals surface area contributed by atoms with Crippen molar-refractivity contribution in [2.24, 2.45) is 5.92 Å². The van der Waals surface area contributed by atoms with Gasteiger partial charge in [0.1, 0.15) is 0 Å². The van der Waals surface area contributed by atoms with Crippen molar-refractivity contribution in [2.45, 2.75) is 64.2 Å². The average Bonchev–Trinajstić information content (AvgIpc) is 2.85. The van der Waals surface area contributed by atoms with E-state index in [2.05, 4.69) is 25.7 Å². The van der Waals surface area contributed by atoms with Gasteiger partial charge >= 0.3 is 0 Å². The molecule has 0 aromatic rings. The second-order valence-electron chi connectivity index (χ2n) is 5.43. The molecule has 2 fully saturated rings. The molecule has 0 radical (unpaired) electrons. The van der Waals surface area contributed by atoms with E-state index in [4.69, 9.17) is 4.74 Å². The zero-order valence-electron chi connectivity index (χ0n) is 10.7. The zero-order chi connectivity index (χ0) is 11.5. The molecule has 1 N–H and O–H groups in total. The lowest BCUT2D eigenvalue weighted by Crippen LogP contribution is -2.40. The minimum atomic E-state index is 0.541. The fraction of sp³-hybridized carbons (Fsp3) is 0.857. The molecule has 2 heterocycles. The van der Waals surface area contributed by atoms with Crippen LogP contribution in [0.25, 0.3) is 0 Å². The Labute approximate surface area is 99.4 Å². The van der Waals surface area contributed by atoms with Gasteiger partial charge in [-0.15, -0.1) is 6.58 Å². The Morgan fingerprint density at radius 1 is 1.50 bits per heavy atom. The Kier molecular flexibility index (Phi) is 4.04. The summed E-state index contributed by atoms with van der Waals surface area (Å²) in [6.07, 6.45) is 7.33. The lowest BCUT2D eigenvalue weighted by Gasteiger charge is -2.29. The first kappa shape index (κ1) is 12.1. The molecule has 0 saturated carbocycles. The molecule has 4 atom stereocenters. The molecule has 0 amide bonds. The highest BCUT2D eigenvalue weighted by Crippen LogP contribution is 2.41. The Morgan fingerprint density at radius 2 is 2.31 bits per heavy atom. The first-order chi connectivity index (χ1) is 7.70. The molecular weight excluding hydrogens is 198 g/mol. The van der Waals surface area contributed by atoms with E-state index in [9.17, 15) is 0 Å². The monoisotopic (exact) mass is 223 g/mol. The van der Waals surface area contributed by atoms with Gasteiger partial charge in [-0.2, -0.15) is 0 Å². The van der Waals surface area contributed by atoms with Crippen molar-refractivity contribution >= 4 is 0 Å². The minimum Gasteiger partial charge on any atom is -0.375 e. The topological polar surface area (TPSA) is 21.3 Å². The summed E-state index contributed by atoms with van der Waals surface area (Å²) in [4.78, 5) is 0. The molecule has 2 saturated heterocycles. The van der Waals surface area contributed by atoms with Crippen molar-refractivity contribution in [3.05, 3.63) is 12.2 Å². The first-order valence-corrected chi connectivity index (χ1v) is 6.74. The second kappa shape index (κ2) is 5.33. The lowest BCUT2D eigenvalue weighted by atomic mass is 9.81. The van der Waals surface area contributed by atoms with Crippen molar-refractivity contribution in [3.8, 4) is 0 Å². The Bertz CT molecular complexity index is 251. The van der Waals surface area contributed by atoms with Crippen LogP contribution in [-0.2, 0) is 4.74 Å². The number of hydrogen-bond acceptors (Lipinski definition) is 2.